The van der Waals surface area contributed by atoms with Gasteiger partial charge in [0, 0.05) is 43.1 Å². The molecule has 4 rings (SSSR count). The molecule has 1 aromatic carbocycles. The quantitative estimate of drug-likeness (QED) is 0.322. The number of nitrogens with zero attached hydrogens (tertiary/aromatic N) is 2. The van der Waals surface area contributed by atoms with Crippen LogP contribution >= 0.6 is 0 Å². The van der Waals surface area contributed by atoms with Crippen LogP contribution in [0.15, 0.2) is 35.3 Å². The van der Waals surface area contributed by atoms with Crippen LogP contribution < -0.4 is 21.4 Å². The van der Waals surface area contributed by atoms with Crippen molar-refractivity contribution in [2.75, 3.05) is 6.54 Å². The number of aromatic nitrogens is 1. The Morgan fingerprint density at radius 2 is 1.67 bits per heavy atom. The molecule has 2 aromatic rings. The van der Waals surface area contributed by atoms with Crippen molar-refractivity contribution in [3.05, 3.63) is 46.2 Å². The summed E-state index contributed by atoms with van der Waals surface area (Å²) in [5.74, 6) is -2.06. The largest absolute Gasteiger partial charge is 0.347 e. The summed E-state index contributed by atoms with van der Waals surface area (Å²) in [4.78, 5) is 83.3. The molecule has 250 valence electrons. The number of rotatable bonds is 11. The van der Waals surface area contributed by atoms with Gasteiger partial charge in [-0.2, -0.15) is 0 Å². The van der Waals surface area contributed by atoms with Gasteiger partial charge in [-0.25, -0.2) is 0 Å². The summed E-state index contributed by atoms with van der Waals surface area (Å²) in [7, 11) is 0. The van der Waals surface area contributed by atoms with Crippen molar-refractivity contribution in [1.29, 1.82) is 0 Å². The minimum Gasteiger partial charge on any atom is -0.347 e. The van der Waals surface area contributed by atoms with Gasteiger partial charge in [-0.05, 0) is 57.1 Å². The van der Waals surface area contributed by atoms with Crippen molar-refractivity contribution in [1.82, 2.24) is 25.4 Å². The molecule has 5 atom stereocenters. The molecule has 0 spiro atoms. The number of hydrogen-bond acceptors (Lipinski definition) is 6. The van der Waals surface area contributed by atoms with Crippen LogP contribution in [0.4, 0.5) is 0 Å². The fourth-order valence-electron chi connectivity index (χ4n) is 6.49. The maximum atomic E-state index is 14.2. The Kier molecular flexibility index (Phi) is 12.1. The molecule has 4 amide bonds. The van der Waals surface area contributed by atoms with E-state index < -0.39 is 47.3 Å². The first-order valence-corrected chi connectivity index (χ1v) is 17.0. The van der Waals surface area contributed by atoms with Gasteiger partial charge >= 0.3 is 0 Å². The van der Waals surface area contributed by atoms with Gasteiger partial charge in [-0.15, -0.1) is 0 Å². The number of unbranched alkanes of at least 4 members (excludes halogenated alkanes) is 2. The van der Waals surface area contributed by atoms with E-state index in [1.807, 2.05) is 44.4 Å². The minimum absolute atomic E-state index is 0.0813. The van der Waals surface area contributed by atoms with Gasteiger partial charge in [0.25, 0.3) is 0 Å². The lowest BCUT2D eigenvalue weighted by atomic mass is 9.93. The average Bonchev–Trinajstić information content (AvgIpc) is 3.07. The molecule has 11 nitrogen and oxygen atoms in total. The Morgan fingerprint density at radius 3 is 2.39 bits per heavy atom. The summed E-state index contributed by atoms with van der Waals surface area (Å²) in [6, 6.07) is 3.00. The average molecular weight is 636 g/mol. The first kappa shape index (κ1) is 34.8. The maximum absolute atomic E-state index is 14.2. The summed E-state index contributed by atoms with van der Waals surface area (Å²) in [6.07, 6.45) is 7.28. The van der Waals surface area contributed by atoms with Crippen LogP contribution in [-0.2, 0) is 30.5 Å². The molecule has 0 saturated carbocycles. The number of benzene rings is 1. The zero-order valence-electron chi connectivity index (χ0n) is 27.6. The highest BCUT2D eigenvalue weighted by Gasteiger charge is 2.41. The number of ketones is 1. The van der Waals surface area contributed by atoms with Crippen molar-refractivity contribution in [2.24, 2.45) is 5.92 Å². The second-order valence-electron chi connectivity index (χ2n) is 12.6. The minimum atomic E-state index is -1.40. The Labute approximate surface area is 270 Å². The number of fused-ring (bicyclic) bond motifs is 2. The van der Waals surface area contributed by atoms with E-state index >= 15 is 0 Å². The monoisotopic (exact) mass is 635 g/mol. The summed E-state index contributed by atoms with van der Waals surface area (Å²) in [5.41, 5.74) is 0.392. The standard InChI is InChI=1S/C35H49N5O6/c1-5-22(4)29-35(46)40-20-14-13-19-28(40)33(44)36-26(17-10-8-9-15-23(41)6-2)32(43)38-30(34(45)37-29)25-21-39(7-3)27-18-12-11-16-24(27)31(25)42/h11-12,16,18,21-22,26,28-30H,5-10,13-15,17,19-20H2,1-4H3,(H,36,44)(H,37,45)(H,38,43). The van der Waals surface area contributed by atoms with Crippen LogP contribution in [0.25, 0.3) is 10.9 Å². The molecule has 0 radical (unpaired) electrons. The third-order valence-corrected chi connectivity index (χ3v) is 9.56. The van der Waals surface area contributed by atoms with E-state index in [4.69, 9.17) is 0 Å². The van der Waals surface area contributed by atoms with Gasteiger partial charge in [-0.3, -0.25) is 28.8 Å². The van der Waals surface area contributed by atoms with Gasteiger partial charge in [-0.1, -0.05) is 52.2 Å². The Bertz CT molecular complexity index is 1500. The molecule has 3 N–H and O–H groups in total. The van der Waals surface area contributed by atoms with Gasteiger partial charge in [0.1, 0.15) is 30.0 Å². The first-order valence-electron chi connectivity index (χ1n) is 17.0. The smallest absolute Gasteiger partial charge is 0.248 e. The predicted octanol–water partition coefficient (Wildman–Crippen LogP) is 3.52. The molecule has 2 fully saturated rings. The normalized spacial score (nSPS) is 23.4. The van der Waals surface area contributed by atoms with E-state index in [1.165, 1.54) is 0 Å². The molecular formula is C35H49N5O6. The lowest BCUT2D eigenvalue weighted by Crippen LogP contribution is -2.63. The number of carbonyl (C=O) groups excluding carboxylic acids is 5. The molecule has 0 bridgehead atoms. The van der Waals surface area contributed by atoms with Crippen molar-refractivity contribution in [3.8, 4) is 0 Å². The Balaban J connectivity index is 1.76. The number of para-hydroxylation sites is 1. The van der Waals surface area contributed by atoms with E-state index in [-0.39, 0.29) is 29.6 Å². The van der Waals surface area contributed by atoms with E-state index in [2.05, 4.69) is 16.0 Å². The van der Waals surface area contributed by atoms with Crippen LogP contribution in [0.1, 0.15) is 104 Å². The summed E-state index contributed by atoms with van der Waals surface area (Å²) < 4.78 is 1.86. The number of Topliss-reactive ketones (excluding diaryl/α,β-unsaturated/α-hetero) is 1. The molecular weight excluding hydrogens is 586 g/mol. The Morgan fingerprint density at radius 1 is 0.913 bits per heavy atom. The van der Waals surface area contributed by atoms with Crippen molar-refractivity contribution in [3.63, 3.8) is 0 Å². The molecule has 2 saturated heterocycles. The number of carbonyl (C=O) groups is 5. The number of amides is 4. The number of hydrogen-bond donors (Lipinski definition) is 3. The second kappa shape index (κ2) is 16.0. The number of aryl methyl sites for hydroxylation is 1. The third-order valence-electron chi connectivity index (χ3n) is 9.56. The zero-order chi connectivity index (χ0) is 33.4. The van der Waals surface area contributed by atoms with E-state index in [0.717, 1.165) is 12.8 Å². The fourth-order valence-corrected chi connectivity index (χ4v) is 6.49. The molecule has 1 aromatic heterocycles. The molecule has 2 aliphatic heterocycles. The number of nitrogens with one attached hydrogen (secondary N) is 3. The lowest BCUT2D eigenvalue weighted by molar-refractivity contribution is -0.147. The van der Waals surface area contributed by atoms with Crippen LogP contribution in [0, 0.1) is 5.92 Å². The number of piperidine rings is 1. The molecule has 3 heterocycles. The van der Waals surface area contributed by atoms with E-state index in [9.17, 15) is 28.8 Å². The van der Waals surface area contributed by atoms with Crippen molar-refractivity contribution < 1.29 is 24.0 Å². The Hall–Kier alpha value is -4.02. The van der Waals surface area contributed by atoms with Crippen LogP contribution in [0.5, 0.6) is 0 Å². The van der Waals surface area contributed by atoms with E-state index in [0.29, 0.717) is 68.9 Å². The molecule has 46 heavy (non-hydrogen) atoms. The highest BCUT2D eigenvalue weighted by Crippen LogP contribution is 2.24. The molecule has 2 aliphatic rings. The predicted molar refractivity (Wildman–Crippen MR) is 176 cm³/mol. The highest BCUT2D eigenvalue weighted by atomic mass is 16.2. The first-order chi connectivity index (χ1) is 22.1. The SMILES string of the molecule is CCC(=O)CCCCCC1NC(=O)C2CCCCN2C(=O)C(C(C)CC)NC(=O)C(c2cn(CC)c3ccccc3c2=O)NC1=O. The van der Waals surface area contributed by atoms with Crippen LogP contribution in [-0.4, -0.2) is 63.5 Å². The van der Waals surface area contributed by atoms with Crippen molar-refractivity contribution >= 4 is 40.3 Å². The van der Waals surface area contributed by atoms with Gasteiger partial charge in [0.2, 0.25) is 23.6 Å². The molecule has 5 unspecified atom stereocenters. The van der Waals surface area contributed by atoms with Gasteiger partial charge < -0.3 is 25.4 Å². The van der Waals surface area contributed by atoms with E-state index in [1.54, 1.807) is 23.2 Å². The zero-order valence-corrected chi connectivity index (χ0v) is 27.6. The maximum Gasteiger partial charge on any atom is 0.248 e. The second-order valence-corrected chi connectivity index (χ2v) is 12.6. The topological polar surface area (TPSA) is 147 Å². The molecule has 11 heteroatoms. The molecule has 0 aliphatic carbocycles. The third kappa shape index (κ3) is 7.85. The summed E-state index contributed by atoms with van der Waals surface area (Å²) in [6.45, 7) is 8.43. The van der Waals surface area contributed by atoms with Gasteiger partial charge in [0.05, 0.1) is 5.52 Å². The van der Waals surface area contributed by atoms with Crippen LogP contribution in [0.3, 0.4) is 0 Å². The summed E-state index contributed by atoms with van der Waals surface area (Å²) in [5, 5.41) is 9.01. The van der Waals surface area contributed by atoms with Crippen LogP contribution in [0.2, 0.25) is 0 Å². The summed E-state index contributed by atoms with van der Waals surface area (Å²) >= 11 is 0. The fraction of sp³-hybridized carbons (Fsp3) is 0.600. The van der Waals surface area contributed by atoms with Crippen molar-refractivity contribution in [2.45, 2.75) is 123 Å². The highest BCUT2D eigenvalue weighted by molar-refractivity contribution is 5.98. The number of pyridine rings is 1. The van der Waals surface area contributed by atoms with Gasteiger partial charge in [0.15, 0.2) is 5.43 Å². The lowest BCUT2D eigenvalue weighted by Gasteiger charge is -2.39.